The van der Waals surface area contributed by atoms with Crippen molar-refractivity contribution in [2.45, 2.75) is 31.8 Å². The van der Waals surface area contributed by atoms with Crippen LogP contribution in [0.1, 0.15) is 23.8 Å². The number of rotatable bonds is 6. The molecule has 2 N–H and O–H groups in total. The summed E-state index contributed by atoms with van der Waals surface area (Å²) in [5, 5.41) is 7.55. The Balaban J connectivity index is 1.69. The topological polar surface area (TPSA) is 83.7 Å². The smallest absolute Gasteiger partial charge is 0.191 e. The number of hydrogen-bond acceptors (Lipinski definition) is 4. The lowest BCUT2D eigenvalue weighted by Crippen LogP contribution is -2.36. The first-order chi connectivity index (χ1) is 13.4. The number of guanidine groups is 1. The lowest BCUT2D eigenvalue weighted by Gasteiger charge is -2.11. The van der Waals surface area contributed by atoms with E-state index in [1.54, 1.807) is 19.1 Å². The zero-order valence-electron chi connectivity index (χ0n) is 16.3. The molecule has 148 valence electrons. The SMILES string of the molecule is CCNC(=NCc1ccc(S(C)(=O)=O)c(C)c1)NCc1cc2ccccc2o1. The summed E-state index contributed by atoms with van der Waals surface area (Å²) in [6.07, 6.45) is 1.22. The maximum Gasteiger partial charge on any atom is 0.191 e. The highest BCUT2D eigenvalue weighted by molar-refractivity contribution is 7.90. The van der Waals surface area contributed by atoms with E-state index in [-0.39, 0.29) is 0 Å². The van der Waals surface area contributed by atoms with Gasteiger partial charge < -0.3 is 15.1 Å². The number of furan rings is 1. The second kappa shape index (κ2) is 8.48. The minimum atomic E-state index is -3.21. The van der Waals surface area contributed by atoms with Crippen LogP contribution in [0.2, 0.25) is 0 Å². The second-order valence-corrected chi connectivity index (χ2v) is 8.66. The van der Waals surface area contributed by atoms with E-state index in [9.17, 15) is 8.42 Å². The molecule has 0 saturated heterocycles. The standard InChI is InChI=1S/C21H25N3O3S/c1-4-22-21(24-14-18-12-17-7-5-6-8-19(17)27-18)23-13-16-9-10-20(15(2)11-16)28(3,25)26/h5-12H,4,13-14H2,1-3H3,(H2,22,23,24). The van der Waals surface area contributed by atoms with Crippen LogP contribution in [0.3, 0.4) is 0 Å². The lowest BCUT2D eigenvalue weighted by molar-refractivity contribution is 0.538. The van der Waals surface area contributed by atoms with Crippen molar-refractivity contribution in [1.29, 1.82) is 0 Å². The highest BCUT2D eigenvalue weighted by Crippen LogP contribution is 2.19. The van der Waals surface area contributed by atoms with E-state index in [2.05, 4.69) is 15.6 Å². The molecule has 0 saturated carbocycles. The molecule has 0 fully saturated rings. The zero-order valence-corrected chi connectivity index (χ0v) is 17.1. The normalized spacial score (nSPS) is 12.3. The van der Waals surface area contributed by atoms with Crippen LogP contribution in [0, 0.1) is 6.92 Å². The molecular formula is C21H25N3O3S. The van der Waals surface area contributed by atoms with Gasteiger partial charge in [-0.25, -0.2) is 13.4 Å². The van der Waals surface area contributed by atoms with Crippen molar-refractivity contribution in [3.05, 3.63) is 65.4 Å². The largest absolute Gasteiger partial charge is 0.459 e. The molecule has 0 amide bonds. The fourth-order valence-electron chi connectivity index (χ4n) is 3.03. The summed E-state index contributed by atoms with van der Waals surface area (Å²) >= 11 is 0. The molecule has 0 aliphatic carbocycles. The zero-order chi connectivity index (χ0) is 20.1. The Labute approximate surface area is 165 Å². The number of fused-ring (bicyclic) bond motifs is 1. The second-order valence-electron chi connectivity index (χ2n) is 6.67. The van der Waals surface area contributed by atoms with Crippen LogP contribution < -0.4 is 10.6 Å². The van der Waals surface area contributed by atoms with Crippen LogP contribution in [-0.2, 0) is 22.9 Å². The molecule has 0 atom stereocenters. The van der Waals surface area contributed by atoms with Gasteiger partial charge in [0.05, 0.1) is 18.0 Å². The van der Waals surface area contributed by atoms with Crippen molar-refractivity contribution in [3.8, 4) is 0 Å². The van der Waals surface area contributed by atoms with E-state index >= 15 is 0 Å². The molecule has 0 aliphatic heterocycles. The van der Waals surface area contributed by atoms with Crippen LogP contribution in [0.15, 0.2) is 62.8 Å². The Kier molecular flexibility index (Phi) is 6.04. The first-order valence-corrected chi connectivity index (χ1v) is 11.0. The van der Waals surface area contributed by atoms with Crippen LogP contribution in [0.4, 0.5) is 0 Å². The predicted molar refractivity (Wildman–Crippen MR) is 112 cm³/mol. The van der Waals surface area contributed by atoms with Gasteiger partial charge in [0.15, 0.2) is 15.8 Å². The first-order valence-electron chi connectivity index (χ1n) is 9.16. The summed E-state index contributed by atoms with van der Waals surface area (Å²) in [4.78, 5) is 4.95. The molecule has 7 heteroatoms. The van der Waals surface area contributed by atoms with E-state index in [1.165, 1.54) is 6.26 Å². The predicted octanol–water partition coefficient (Wildman–Crippen LogP) is 3.40. The minimum absolute atomic E-state index is 0.357. The van der Waals surface area contributed by atoms with Gasteiger partial charge in [-0.1, -0.05) is 30.3 Å². The van der Waals surface area contributed by atoms with Gasteiger partial charge in [-0.2, -0.15) is 0 Å². The average Bonchev–Trinajstić information content (AvgIpc) is 3.06. The third kappa shape index (κ3) is 4.92. The molecule has 1 aromatic heterocycles. The van der Waals surface area contributed by atoms with Gasteiger partial charge in [0.1, 0.15) is 11.3 Å². The average molecular weight is 400 g/mol. The van der Waals surface area contributed by atoms with Crippen molar-refractivity contribution in [2.75, 3.05) is 12.8 Å². The number of benzene rings is 2. The van der Waals surface area contributed by atoms with Gasteiger partial charge in [0.2, 0.25) is 0 Å². The summed E-state index contributed by atoms with van der Waals surface area (Å²) in [5.74, 6) is 1.51. The fraction of sp³-hybridized carbons (Fsp3) is 0.286. The molecule has 6 nitrogen and oxygen atoms in total. The molecule has 0 spiro atoms. The quantitative estimate of drug-likeness (QED) is 0.490. The molecule has 3 aromatic rings. The number of sulfone groups is 1. The van der Waals surface area contributed by atoms with Crippen molar-refractivity contribution in [1.82, 2.24) is 10.6 Å². The maximum atomic E-state index is 11.7. The monoisotopic (exact) mass is 399 g/mol. The van der Waals surface area contributed by atoms with Gasteiger partial charge in [0, 0.05) is 18.2 Å². The van der Waals surface area contributed by atoms with E-state index < -0.39 is 9.84 Å². The highest BCUT2D eigenvalue weighted by Gasteiger charge is 2.11. The first kappa shape index (κ1) is 19.9. The van der Waals surface area contributed by atoms with Gasteiger partial charge in [-0.3, -0.25) is 0 Å². The van der Waals surface area contributed by atoms with E-state index in [4.69, 9.17) is 4.42 Å². The van der Waals surface area contributed by atoms with Crippen molar-refractivity contribution in [3.63, 3.8) is 0 Å². The number of hydrogen-bond donors (Lipinski definition) is 2. The summed E-state index contributed by atoms with van der Waals surface area (Å²) in [6, 6.07) is 15.2. The molecule has 0 aliphatic rings. The van der Waals surface area contributed by atoms with Crippen LogP contribution in [0.5, 0.6) is 0 Å². The van der Waals surface area contributed by atoms with Gasteiger partial charge in [0.25, 0.3) is 0 Å². The highest BCUT2D eigenvalue weighted by atomic mass is 32.2. The molecule has 0 unspecified atom stereocenters. The van der Waals surface area contributed by atoms with Gasteiger partial charge >= 0.3 is 0 Å². The van der Waals surface area contributed by atoms with Gasteiger partial charge in [-0.05, 0) is 43.2 Å². The molecule has 0 bridgehead atoms. The van der Waals surface area contributed by atoms with Crippen molar-refractivity contribution < 1.29 is 12.8 Å². The lowest BCUT2D eigenvalue weighted by atomic mass is 10.1. The Morgan fingerprint density at radius 3 is 2.57 bits per heavy atom. The molecule has 3 rings (SSSR count). The van der Waals surface area contributed by atoms with Crippen molar-refractivity contribution in [2.24, 2.45) is 4.99 Å². The summed E-state index contributed by atoms with van der Waals surface area (Å²) in [5.41, 5.74) is 2.55. The van der Waals surface area contributed by atoms with Crippen LogP contribution >= 0.6 is 0 Å². The van der Waals surface area contributed by atoms with E-state index in [0.717, 1.165) is 34.4 Å². The summed E-state index contributed by atoms with van der Waals surface area (Å²) in [7, 11) is -3.21. The number of nitrogens with one attached hydrogen (secondary N) is 2. The number of aliphatic imine (C=N–C) groups is 1. The summed E-state index contributed by atoms with van der Waals surface area (Å²) in [6.45, 7) is 5.50. The molecule has 1 heterocycles. The van der Waals surface area contributed by atoms with E-state index in [0.29, 0.717) is 23.9 Å². The number of nitrogens with zero attached hydrogens (tertiary/aromatic N) is 1. The minimum Gasteiger partial charge on any atom is -0.459 e. The molecular weight excluding hydrogens is 374 g/mol. The molecule has 28 heavy (non-hydrogen) atoms. The van der Waals surface area contributed by atoms with Crippen LogP contribution in [0.25, 0.3) is 11.0 Å². The Morgan fingerprint density at radius 2 is 1.89 bits per heavy atom. The summed E-state index contributed by atoms with van der Waals surface area (Å²) < 4.78 is 29.3. The third-order valence-electron chi connectivity index (χ3n) is 4.31. The Hall–Kier alpha value is -2.80. The third-order valence-corrected chi connectivity index (χ3v) is 5.57. The maximum absolute atomic E-state index is 11.7. The molecule has 0 radical (unpaired) electrons. The van der Waals surface area contributed by atoms with Crippen molar-refractivity contribution >= 4 is 26.8 Å². The number of para-hydroxylation sites is 1. The fourth-order valence-corrected chi connectivity index (χ4v) is 3.99. The number of aryl methyl sites for hydroxylation is 1. The van der Waals surface area contributed by atoms with Crippen LogP contribution in [-0.4, -0.2) is 27.2 Å². The Morgan fingerprint density at radius 1 is 1.11 bits per heavy atom. The van der Waals surface area contributed by atoms with E-state index in [1.807, 2.05) is 43.3 Å². The Bertz CT molecular complexity index is 1070. The van der Waals surface area contributed by atoms with Gasteiger partial charge in [-0.15, -0.1) is 0 Å². The molecule has 2 aromatic carbocycles.